The van der Waals surface area contributed by atoms with Crippen LogP contribution in [-0.4, -0.2) is 4.98 Å². The van der Waals surface area contributed by atoms with Crippen LogP contribution in [0.15, 0.2) is 84.9 Å². The lowest BCUT2D eigenvalue weighted by Gasteiger charge is -2.09. The van der Waals surface area contributed by atoms with Crippen LogP contribution in [0.5, 0.6) is 5.75 Å². The van der Waals surface area contributed by atoms with E-state index in [1.807, 2.05) is 72.8 Å². The van der Waals surface area contributed by atoms with Crippen LogP contribution in [0.2, 0.25) is 0 Å². The first-order chi connectivity index (χ1) is 12.3. The predicted octanol–water partition coefficient (Wildman–Crippen LogP) is 5.06. The summed E-state index contributed by atoms with van der Waals surface area (Å²) in [5.41, 5.74) is 10.9. The third-order valence-corrected chi connectivity index (χ3v) is 4.15. The van der Waals surface area contributed by atoms with Gasteiger partial charge in [-0.25, -0.2) is 4.98 Å². The monoisotopic (exact) mass is 326 g/mol. The number of aromatic nitrogens is 1. The van der Waals surface area contributed by atoms with Gasteiger partial charge in [0.1, 0.15) is 12.4 Å². The first kappa shape index (κ1) is 15.2. The molecule has 1 heterocycles. The summed E-state index contributed by atoms with van der Waals surface area (Å²) in [6.07, 6.45) is 0. The molecule has 3 heteroatoms. The molecule has 0 unspecified atom stereocenters. The molecule has 0 bridgehead atoms. The maximum Gasteiger partial charge on any atom is 0.119 e. The van der Waals surface area contributed by atoms with Crippen molar-refractivity contribution in [1.82, 2.24) is 4.98 Å². The molecule has 122 valence electrons. The fourth-order valence-electron chi connectivity index (χ4n) is 2.81. The number of hydrogen-bond donors (Lipinski definition) is 1. The molecule has 0 aliphatic heterocycles. The maximum atomic E-state index is 6.17. The van der Waals surface area contributed by atoms with Gasteiger partial charge in [-0.05, 0) is 42.0 Å². The van der Waals surface area contributed by atoms with Crippen molar-refractivity contribution in [1.29, 1.82) is 0 Å². The molecule has 4 rings (SSSR count). The van der Waals surface area contributed by atoms with Crippen molar-refractivity contribution in [3.63, 3.8) is 0 Å². The van der Waals surface area contributed by atoms with Gasteiger partial charge in [-0.15, -0.1) is 0 Å². The minimum atomic E-state index is 0.557. The lowest BCUT2D eigenvalue weighted by molar-refractivity contribution is 0.306. The van der Waals surface area contributed by atoms with Gasteiger partial charge in [-0.2, -0.15) is 0 Å². The van der Waals surface area contributed by atoms with Gasteiger partial charge in [0, 0.05) is 16.6 Å². The minimum Gasteiger partial charge on any atom is -0.489 e. The Kier molecular flexibility index (Phi) is 4.05. The van der Waals surface area contributed by atoms with Gasteiger partial charge in [-0.1, -0.05) is 48.5 Å². The molecule has 0 saturated carbocycles. The largest absolute Gasteiger partial charge is 0.489 e. The first-order valence-electron chi connectivity index (χ1n) is 8.22. The Balaban J connectivity index is 1.56. The van der Waals surface area contributed by atoms with Crippen LogP contribution in [0.4, 0.5) is 5.69 Å². The van der Waals surface area contributed by atoms with Crippen molar-refractivity contribution in [2.75, 3.05) is 5.73 Å². The second-order valence-electron chi connectivity index (χ2n) is 5.91. The molecule has 0 fully saturated rings. The van der Waals surface area contributed by atoms with Gasteiger partial charge in [-0.3, -0.25) is 0 Å². The quantitative estimate of drug-likeness (QED) is 0.570. The van der Waals surface area contributed by atoms with E-state index >= 15 is 0 Å². The summed E-state index contributed by atoms with van der Waals surface area (Å²) in [4.78, 5) is 4.71. The van der Waals surface area contributed by atoms with Crippen LogP contribution in [-0.2, 0) is 6.61 Å². The van der Waals surface area contributed by atoms with E-state index in [1.54, 1.807) is 0 Å². The number of pyridine rings is 1. The van der Waals surface area contributed by atoms with Crippen LogP contribution in [0.1, 0.15) is 5.56 Å². The van der Waals surface area contributed by atoms with Crippen molar-refractivity contribution in [3.8, 4) is 17.0 Å². The van der Waals surface area contributed by atoms with Gasteiger partial charge in [0.05, 0.1) is 11.2 Å². The molecular weight excluding hydrogens is 308 g/mol. The topological polar surface area (TPSA) is 48.1 Å². The van der Waals surface area contributed by atoms with E-state index in [0.29, 0.717) is 6.61 Å². The average molecular weight is 326 g/mol. The SMILES string of the molecule is Nc1cc(-c2ccc(OCc3ccccc3)cc2)nc2ccccc12. The number of rotatable bonds is 4. The lowest BCUT2D eigenvalue weighted by atomic mass is 10.1. The Labute approximate surface area is 146 Å². The molecule has 0 spiro atoms. The summed E-state index contributed by atoms with van der Waals surface area (Å²) in [6, 6.07) is 27.9. The van der Waals surface area contributed by atoms with E-state index in [0.717, 1.165) is 39.2 Å². The summed E-state index contributed by atoms with van der Waals surface area (Å²) in [5.74, 6) is 0.835. The van der Waals surface area contributed by atoms with Gasteiger partial charge in [0.2, 0.25) is 0 Å². The molecule has 3 aromatic carbocycles. The van der Waals surface area contributed by atoms with Crippen LogP contribution in [0.25, 0.3) is 22.2 Å². The van der Waals surface area contributed by atoms with Crippen LogP contribution in [0.3, 0.4) is 0 Å². The highest BCUT2D eigenvalue weighted by atomic mass is 16.5. The Bertz CT molecular complexity index is 995. The Hall–Kier alpha value is -3.33. The molecule has 3 nitrogen and oxygen atoms in total. The highest BCUT2D eigenvalue weighted by Gasteiger charge is 2.05. The fourth-order valence-corrected chi connectivity index (χ4v) is 2.81. The number of nitrogen functional groups attached to an aromatic ring is 1. The molecule has 0 radical (unpaired) electrons. The molecule has 0 aliphatic rings. The van der Waals surface area contributed by atoms with Crippen LogP contribution < -0.4 is 10.5 Å². The third kappa shape index (κ3) is 3.31. The highest BCUT2D eigenvalue weighted by molar-refractivity contribution is 5.92. The molecule has 4 aromatic rings. The van der Waals surface area contributed by atoms with E-state index < -0.39 is 0 Å². The second-order valence-corrected chi connectivity index (χ2v) is 5.91. The number of nitrogens with two attached hydrogens (primary N) is 1. The summed E-state index contributed by atoms with van der Waals surface area (Å²) in [5, 5.41) is 0.981. The van der Waals surface area contributed by atoms with Crippen LogP contribution in [0, 0.1) is 0 Å². The summed E-state index contributed by atoms with van der Waals surface area (Å²) in [6.45, 7) is 0.557. The number of benzene rings is 3. The van der Waals surface area contributed by atoms with Gasteiger partial charge >= 0.3 is 0 Å². The van der Waals surface area contributed by atoms with Gasteiger partial charge in [0.15, 0.2) is 0 Å². The zero-order valence-electron chi connectivity index (χ0n) is 13.7. The Morgan fingerprint density at radius 2 is 1.52 bits per heavy atom. The fraction of sp³-hybridized carbons (Fsp3) is 0.0455. The lowest BCUT2D eigenvalue weighted by Crippen LogP contribution is -1.95. The minimum absolute atomic E-state index is 0.557. The normalized spacial score (nSPS) is 10.7. The molecule has 0 aliphatic carbocycles. The van der Waals surface area contributed by atoms with E-state index in [2.05, 4.69) is 12.1 Å². The molecule has 25 heavy (non-hydrogen) atoms. The smallest absolute Gasteiger partial charge is 0.119 e. The number of hydrogen-bond acceptors (Lipinski definition) is 3. The maximum absolute atomic E-state index is 6.17. The Morgan fingerprint density at radius 3 is 2.32 bits per heavy atom. The van der Waals surface area contributed by atoms with Gasteiger partial charge in [0.25, 0.3) is 0 Å². The summed E-state index contributed by atoms with van der Waals surface area (Å²) in [7, 11) is 0. The van der Waals surface area contributed by atoms with E-state index in [4.69, 9.17) is 15.5 Å². The van der Waals surface area contributed by atoms with Crippen molar-refractivity contribution < 1.29 is 4.74 Å². The highest BCUT2D eigenvalue weighted by Crippen LogP contribution is 2.27. The number of nitrogens with zero attached hydrogens (tertiary/aromatic N) is 1. The molecular formula is C22H18N2O. The molecule has 0 saturated heterocycles. The predicted molar refractivity (Wildman–Crippen MR) is 102 cm³/mol. The second kappa shape index (κ2) is 6.65. The van der Waals surface area contributed by atoms with Crippen molar-refractivity contribution in [2.45, 2.75) is 6.61 Å². The average Bonchev–Trinajstić information content (AvgIpc) is 2.68. The Morgan fingerprint density at radius 1 is 0.800 bits per heavy atom. The number of para-hydroxylation sites is 1. The van der Waals surface area contributed by atoms with E-state index in [9.17, 15) is 0 Å². The summed E-state index contributed by atoms with van der Waals surface area (Å²) < 4.78 is 5.83. The standard InChI is InChI=1S/C22H18N2O/c23-20-14-22(24-21-9-5-4-8-19(20)21)17-10-12-18(13-11-17)25-15-16-6-2-1-3-7-16/h1-14H,15H2,(H2,23,24). The van der Waals surface area contributed by atoms with E-state index in [-0.39, 0.29) is 0 Å². The number of anilines is 1. The van der Waals surface area contributed by atoms with Crippen molar-refractivity contribution >= 4 is 16.6 Å². The molecule has 0 amide bonds. The third-order valence-electron chi connectivity index (χ3n) is 4.15. The zero-order valence-corrected chi connectivity index (χ0v) is 13.7. The first-order valence-corrected chi connectivity index (χ1v) is 8.22. The van der Waals surface area contributed by atoms with Gasteiger partial charge < -0.3 is 10.5 Å². The molecule has 0 atom stereocenters. The summed E-state index contributed by atoms with van der Waals surface area (Å²) >= 11 is 0. The zero-order chi connectivity index (χ0) is 17.1. The van der Waals surface area contributed by atoms with Crippen LogP contribution >= 0.6 is 0 Å². The van der Waals surface area contributed by atoms with E-state index in [1.165, 1.54) is 0 Å². The molecule has 1 aromatic heterocycles. The molecule has 2 N–H and O–H groups in total. The van der Waals surface area contributed by atoms with Crippen molar-refractivity contribution in [3.05, 3.63) is 90.5 Å². The number of ether oxygens (including phenoxy) is 1. The number of fused-ring (bicyclic) bond motifs is 1. The van der Waals surface area contributed by atoms with Crippen molar-refractivity contribution in [2.24, 2.45) is 0 Å².